The van der Waals surface area contributed by atoms with Gasteiger partial charge >= 0.3 is 5.69 Å². The fourth-order valence-electron chi connectivity index (χ4n) is 0.979. The lowest BCUT2D eigenvalue weighted by Crippen LogP contribution is -2.00. The number of nitro groups is 1. The molecule has 0 bridgehead atoms. The van der Waals surface area contributed by atoms with Gasteiger partial charge in [0.25, 0.3) is 0 Å². The fraction of sp³-hybridized carbons (Fsp3) is 0.286. The van der Waals surface area contributed by atoms with Gasteiger partial charge in [0.1, 0.15) is 16.4 Å². The van der Waals surface area contributed by atoms with Gasteiger partial charge in [-0.25, -0.2) is 4.98 Å². The van der Waals surface area contributed by atoms with Gasteiger partial charge in [-0.05, 0) is 15.9 Å². The summed E-state index contributed by atoms with van der Waals surface area (Å²) in [5.41, 5.74) is 0.252. The van der Waals surface area contributed by atoms with Crippen molar-refractivity contribution in [3.05, 3.63) is 20.8 Å². The first-order chi connectivity index (χ1) is 6.61. The molecule has 0 aliphatic carbocycles. The maximum absolute atomic E-state index is 10.6. The molecule has 1 aromatic rings. The van der Waals surface area contributed by atoms with Crippen molar-refractivity contribution in [3.8, 4) is 5.88 Å². The van der Waals surface area contributed by atoms with Crippen LogP contribution in [-0.2, 0) is 0 Å². The first-order valence-corrected chi connectivity index (χ1v) is 4.45. The summed E-state index contributed by atoms with van der Waals surface area (Å²) in [5, 5.41) is 13.3. The predicted molar refractivity (Wildman–Crippen MR) is 54.7 cm³/mol. The monoisotopic (exact) mass is 261 g/mol. The van der Waals surface area contributed by atoms with Crippen LogP contribution in [0.4, 0.5) is 11.4 Å². The van der Waals surface area contributed by atoms with E-state index in [1.165, 1.54) is 7.11 Å². The van der Waals surface area contributed by atoms with Crippen LogP contribution in [-0.4, -0.2) is 24.1 Å². The number of aromatic nitrogens is 1. The number of ether oxygens (including phenoxy) is 1. The van der Waals surface area contributed by atoms with Crippen LogP contribution < -0.4 is 10.1 Å². The number of hydrogen-bond acceptors (Lipinski definition) is 5. The minimum Gasteiger partial charge on any atom is -0.480 e. The maximum Gasteiger partial charge on any atom is 0.311 e. The van der Waals surface area contributed by atoms with Gasteiger partial charge in [-0.1, -0.05) is 0 Å². The molecule has 0 aliphatic rings. The van der Waals surface area contributed by atoms with E-state index in [0.29, 0.717) is 16.0 Å². The van der Waals surface area contributed by atoms with Crippen molar-refractivity contribution in [1.82, 2.24) is 4.98 Å². The van der Waals surface area contributed by atoms with Gasteiger partial charge in [0.15, 0.2) is 0 Å². The van der Waals surface area contributed by atoms with E-state index in [9.17, 15) is 10.1 Å². The van der Waals surface area contributed by atoms with E-state index in [1.54, 1.807) is 7.05 Å². The highest BCUT2D eigenvalue weighted by molar-refractivity contribution is 9.10. The van der Waals surface area contributed by atoms with E-state index in [4.69, 9.17) is 4.74 Å². The van der Waals surface area contributed by atoms with Crippen LogP contribution in [0.15, 0.2) is 10.7 Å². The summed E-state index contributed by atoms with van der Waals surface area (Å²) in [5.74, 6) is 0.306. The lowest BCUT2D eigenvalue weighted by Gasteiger charge is -2.07. The maximum atomic E-state index is 10.6. The molecular weight excluding hydrogens is 254 g/mol. The number of hydrogen-bond donors (Lipinski definition) is 1. The van der Waals surface area contributed by atoms with Gasteiger partial charge in [0, 0.05) is 7.05 Å². The molecule has 7 heteroatoms. The molecule has 1 heterocycles. The van der Waals surface area contributed by atoms with Crippen LogP contribution in [0.3, 0.4) is 0 Å². The topological polar surface area (TPSA) is 77.3 Å². The lowest BCUT2D eigenvalue weighted by atomic mass is 10.3. The molecule has 0 atom stereocenters. The first-order valence-electron chi connectivity index (χ1n) is 3.66. The highest BCUT2D eigenvalue weighted by atomic mass is 79.9. The molecule has 0 spiro atoms. The average molecular weight is 262 g/mol. The Kier molecular flexibility index (Phi) is 3.23. The highest BCUT2D eigenvalue weighted by Gasteiger charge is 2.19. The van der Waals surface area contributed by atoms with Crippen LogP contribution >= 0.6 is 15.9 Å². The van der Waals surface area contributed by atoms with Crippen molar-refractivity contribution in [1.29, 1.82) is 0 Å². The first kappa shape index (κ1) is 10.7. The van der Waals surface area contributed by atoms with Gasteiger partial charge < -0.3 is 10.1 Å². The molecule has 6 nitrogen and oxygen atoms in total. The third-order valence-electron chi connectivity index (χ3n) is 1.61. The molecule has 0 unspecified atom stereocenters. The number of halogens is 1. The Morgan fingerprint density at radius 2 is 2.36 bits per heavy atom. The third-order valence-corrected chi connectivity index (χ3v) is 2.34. The second-order valence-corrected chi connectivity index (χ2v) is 3.14. The minimum atomic E-state index is -0.511. The normalized spacial score (nSPS) is 9.64. The summed E-state index contributed by atoms with van der Waals surface area (Å²) in [7, 11) is 3.03. The van der Waals surface area contributed by atoms with E-state index in [1.807, 2.05) is 0 Å². The van der Waals surface area contributed by atoms with E-state index in [2.05, 4.69) is 26.2 Å². The number of nitrogens with one attached hydrogen (secondary N) is 1. The van der Waals surface area contributed by atoms with E-state index in [-0.39, 0.29) is 5.69 Å². The number of pyridine rings is 1. The Morgan fingerprint density at radius 1 is 1.71 bits per heavy atom. The summed E-state index contributed by atoms with van der Waals surface area (Å²) >= 11 is 3.17. The van der Waals surface area contributed by atoms with Crippen molar-refractivity contribution in [2.75, 3.05) is 19.5 Å². The number of anilines is 1. The molecule has 0 saturated carbocycles. The van der Waals surface area contributed by atoms with E-state index in [0.717, 1.165) is 6.20 Å². The third kappa shape index (κ3) is 1.77. The molecule has 14 heavy (non-hydrogen) atoms. The summed E-state index contributed by atoms with van der Waals surface area (Å²) < 4.78 is 5.34. The van der Waals surface area contributed by atoms with Crippen molar-refractivity contribution in [3.63, 3.8) is 0 Å². The van der Waals surface area contributed by atoms with Gasteiger partial charge in [0.05, 0.1) is 12.0 Å². The average Bonchev–Trinajstić information content (AvgIpc) is 2.17. The van der Waals surface area contributed by atoms with Crippen molar-refractivity contribution < 1.29 is 9.66 Å². The predicted octanol–water partition coefficient (Wildman–Crippen LogP) is 1.80. The zero-order valence-corrected chi connectivity index (χ0v) is 9.16. The number of rotatable bonds is 3. The van der Waals surface area contributed by atoms with E-state index < -0.39 is 4.92 Å². The Morgan fingerprint density at radius 3 is 2.79 bits per heavy atom. The molecule has 0 radical (unpaired) electrons. The quantitative estimate of drug-likeness (QED) is 0.663. The van der Waals surface area contributed by atoms with E-state index >= 15 is 0 Å². The van der Waals surface area contributed by atoms with Crippen LogP contribution in [0, 0.1) is 10.1 Å². The molecule has 0 fully saturated rings. The Balaban J connectivity index is 3.35. The Labute approximate surface area is 88.6 Å². The Hall–Kier alpha value is -1.37. The number of nitrogens with zero attached hydrogens (tertiary/aromatic N) is 2. The highest BCUT2D eigenvalue weighted by Crippen LogP contribution is 2.36. The summed E-state index contributed by atoms with van der Waals surface area (Å²) in [6.07, 6.45) is 1.15. The van der Waals surface area contributed by atoms with Crippen molar-refractivity contribution >= 4 is 27.3 Å². The SMILES string of the molecule is CNc1c([N+](=O)[O-])cnc(OC)c1Br. The standard InChI is InChI=1S/C7H8BrN3O3/c1-9-6-4(11(12)13)3-10-7(14-2)5(6)8/h3H,1-2H3,(H,9,10). The molecule has 1 N–H and O–H groups in total. The lowest BCUT2D eigenvalue weighted by molar-refractivity contribution is -0.384. The molecule has 0 saturated heterocycles. The molecular formula is C7H8BrN3O3. The van der Waals surface area contributed by atoms with Gasteiger partial charge in [-0.15, -0.1) is 0 Å². The molecule has 0 aliphatic heterocycles. The summed E-state index contributed by atoms with van der Waals surface area (Å²) in [6, 6.07) is 0. The second kappa shape index (κ2) is 4.23. The van der Waals surface area contributed by atoms with Gasteiger partial charge in [-0.3, -0.25) is 10.1 Å². The van der Waals surface area contributed by atoms with Crippen LogP contribution in [0.25, 0.3) is 0 Å². The summed E-state index contributed by atoms with van der Waals surface area (Å²) in [4.78, 5) is 13.9. The molecule has 76 valence electrons. The second-order valence-electron chi connectivity index (χ2n) is 2.35. The van der Waals surface area contributed by atoms with Crippen LogP contribution in [0.2, 0.25) is 0 Å². The van der Waals surface area contributed by atoms with Crippen molar-refractivity contribution in [2.24, 2.45) is 0 Å². The van der Waals surface area contributed by atoms with Crippen molar-refractivity contribution in [2.45, 2.75) is 0 Å². The van der Waals surface area contributed by atoms with Crippen LogP contribution in [0.5, 0.6) is 5.88 Å². The zero-order valence-electron chi connectivity index (χ0n) is 7.57. The largest absolute Gasteiger partial charge is 0.480 e. The smallest absolute Gasteiger partial charge is 0.311 e. The fourth-order valence-corrected chi connectivity index (χ4v) is 1.64. The molecule has 1 rings (SSSR count). The number of methoxy groups -OCH3 is 1. The summed E-state index contributed by atoms with van der Waals surface area (Å²) in [6.45, 7) is 0. The van der Waals surface area contributed by atoms with Gasteiger partial charge in [0.2, 0.25) is 5.88 Å². The van der Waals surface area contributed by atoms with Crippen LogP contribution in [0.1, 0.15) is 0 Å². The zero-order chi connectivity index (χ0) is 10.7. The molecule has 0 aromatic carbocycles. The minimum absolute atomic E-state index is 0.0971. The molecule has 0 amide bonds. The van der Waals surface area contributed by atoms with Gasteiger partial charge in [-0.2, -0.15) is 0 Å². The molecule has 1 aromatic heterocycles. The Bertz CT molecular complexity index is 369.